The molecule has 3 atom stereocenters. The van der Waals surface area contributed by atoms with Crippen molar-refractivity contribution in [2.24, 2.45) is 17.6 Å². The summed E-state index contributed by atoms with van der Waals surface area (Å²) in [6, 6.07) is 9.22. The lowest BCUT2D eigenvalue weighted by Gasteiger charge is -2.25. The number of nitriles is 1. The van der Waals surface area contributed by atoms with Crippen LogP contribution in [0.1, 0.15) is 39.2 Å². The van der Waals surface area contributed by atoms with E-state index in [4.69, 9.17) is 15.7 Å². The molecule has 1 aromatic rings. The Bertz CT molecular complexity index is 700. The quantitative estimate of drug-likeness (QED) is 0.562. The molecule has 0 aliphatic carbocycles. The molecular weight excluding hydrogens is 360 g/mol. The van der Waals surface area contributed by atoms with E-state index in [0.717, 1.165) is 5.56 Å². The molecule has 0 unspecified atom stereocenters. The van der Waals surface area contributed by atoms with Crippen LogP contribution in [0.25, 0.3) is 0 Å². The Balaban J connectivity index is 2.74. The number of nitrogens with zero attached hydrogens (tertiary/aromatic N) is 1. The van der Waals surface area contributed by atoms with Crippen LogP contribution in [0.4, 0.5) is 4.79 Å². The molecule has 0 radical (unpaired) electrons. The molecule has 28 heavy (non-hydrogen) atoms. The van der Waals surface area contributed by atoms with E-state index in [-0.39, 0.29) is 18.9 Å². The summed E-state index contributed by atoms with van der Waals surface area (Å²) in [4.78, 5) is 36.4. The van der Waals surface area contributed by atoms with E-state index in [9.17, 15) is 14.4 Å². The van der Waals surface area contributed by atoms with Gasteiger partial charge in [0.15, 0.2) is 0 Å². The predicted molar refractivity (Wildman–Crippen MR) is 104 cm³/mol. The van der Waals surface area contributed by atoms with Gasteiger partial charge in [0.1, 0.15) is 18.7 Å². The van der Waals surface area contributed by atoms with Gasteiger partial charge in [0.25, 0.3) is 0 Å². The van der Waals surface area contributed by atoms with E-state index in [1.165, 1.54) is 0 Å². The molecule has 0 bridgehead atoms. The van der Waals surface area contributed by atoms with Crippen LogP contribution in [0.15, 0.2) is 30.3 Å². The highest BCUT2D eigenvalue weighted by atomic mass is 16.5. The Morgan fingerprint density at radius 1 is 1.14 bits per heavy atom. The normalized spacial score (nSPS) is 13.7. The minimum Gasteiger partial charge on any atom is -0.445 e. The van der Waals surface area contributed by atoms with Crippen molar-refractivity contribution < 1.29 is 19.1 Å². The monoisotopic (exact) mass is 388 g/mol. The maximum absolute atomic E-state index is 12.6. The second-order valence-electron chi connectivity index (χ2n) is 7.12. The largest absolute Gasteiger partial charge is 0.445 e. The highest BCUT2D eigenvalue weighted by molar-refractivity contribution is 5.90. The molecule has 8 heteroatoms. The van der Waals surface area contributed by atoms with Crippen LogP contribution in [0.3, 0.4) is 0 Å². The van der Waals surface area contributed by atoms with Crippen molar-refractivity contribution in [3.63, 3.8) is 0 Å². The Kier molecular flexibility index (Phi) is 9.51. The molecule has 0 fully saturated rings. The summed E-state index contributed by atoms with van der Waals surface area (Å²) >= 11 is 0. The van der Waals surface area contributed by atoms with Gasteiger partial charge >= 0.3 is 6.09 Å². The Morgan fingerprint density at radius 3 is 2.32 bits per heavy atom. The summed E-state index contributed by atoms with van der Waals surface area (Å²) in [5, 5.41) is 13.9. The van der Waals surface area contributed by atoms with Gasteiger partial charge in [-0.25, -0.2) is 4.79 Å². The lowest BCUT2D eigenvalue weighted by molar-refractivity contribution is -0.129. The molecule has 4 N–H and O–H groups in total. The van der Waals surface area contributed by atoms with Crippen LogP contribution in [-0.4, -0.2) is 30.0 Å². The Morgan fingerprint density at radius 2 is 1.79 bits per heavy atom. The zero-order valence-electron chi connectivity index (χ0n) is 16.5. The molecular formula is C20H28N4O4. The molecule has 3 amide bonds. The van der Waals surface area contributed by atoms with Gasteiger partial charge in [-0.05, 0) is 23.8 Å². The SMILES string of the molecule is CC(C)C[C@H](NC(=O)OCc1ccccc1)C(=O)N[C@H](C(N)=O)[C@H](C)CC#N. The minimum atomic E-state index is -0.996. The lowest BCUT2D eigenvalue weighted by Crippen LogP contribution is -2.55. The molecule has 1 aromatic carbocycles. The smallest absolute Gasteiger partial charge is 0.408 e. The fourth-order valence-electron chi connectivity index (χ4n) is 2.62. The van der Waals surface area contributed by atoms with Crippen LogP contribution in [0.2, 0.25) is 0 Å². The fourth-order valence-corrected chi connectivity index (χ4v) is 2.62. The average molecular weight is 388 g/mol. The van der Waals surface area contributed by atoms with Gasteiger partial charge in [-0.2, -0.15) is 5.26 Å². The third kappa shape index (κ3) is 8.08. The van der Waals surface area contributed by atoms with Crippen LogP contribution >= 0.6 is 0 Å². The molecule has 8 nitrogen and oxygen atoms in total. The number of alkyl carbamates (subject to hydrolysis) is 1. The van der Waals surface area contributed by atoms with Crippen LogP contribution in [0.5, 0.6) is 0 Å². The minimum absolute atomic E-state index is 0.0648. The summed E-state index contributed by atoms with van der Waals surface area (Å²) in [7, 11) is 0. The zero-order valence-corrected chi connectivity index (χ0v) is 16.5. The number of amides is 3. The third-order valence-corrected chi connectivity index (χ3v) is 4.12. The number of nitrogens with two attached hydrogens (primary N) is 1. The topological polar surface area (TPSA) is 134 Å². The molecule has 0 saturated heterocycles. The number of benzene rings is 1. The van der Waals surface area contributed by atoms with Gasteiger partial charge in [-0.3, -0.25) is 9.59 Å². The summed E-state index contributed by atoms with van der Waals surface area (Å²) < 4.78 is 5.16. The first kappa shape index (κ1) is 23.0. The summed E-state index contributed by atoms with van der Waals surface area (Å²) in [6.45, 7) is 5.53. The zero-order chi connectivity index (χ0) is 21.1. The van der Waals surface area contributed by atoms with Crippen molar-refractivity contribution in [2.75, 3.05) is 0 Å². The Labute approximate surface area is 165 Å². The highest BCUT2D eigenvalue weighted by Crippen LogP contribution is 2.10. The van der Waals surface area contributed by atoms with Crippen LogP contribution < -0.4 is 16.4 Å². The first-order chi connectivity index (χ1) is 13.2. The van der Waals surface area contributed by atoms with Crippen molar-refractivity contribution in [2.45, 2.75) is 52.3 Å². The summed E-state index contributed by atoms with van der Waals surface area (Å²) in [6.07, 6.45) is -0.315. The van der Waals surface area contributed by atoms with Crippen LogP contribution in [0, 0.1) is 23.2 Å². The van der Waals surface area contributed by atoms with E-state index in [1.807, 2.05) is 50.2 Å². The van der Waals surface area contributed by atoms with E-state index < -0.39 is 35.9 Å². The van der Waals surface area contributed by atoms with Crippen molar-refractivity contribution in [1.82, 2.24) is 10.6 Å². The standard InChI is InChI=1S/C20H28N4O4/c1-13(2)11-16(19(26)24-17(18(22)25)14(3)9-10-21)23-20(27)28-12-15-7-5-4-6-8-15/h4-8,13-14,16-17H,9,11-12H2,1-3H3,(H2,22,25)(H,23,27)(H,24,26)/t14-,16+,17+/m1/s1. The molecule has 0 aliphatic heterocycles. The van der Waals surface area contributed by atoms with E-state index in [1.54, 1.807) is 6.92 Å². The number of rotatable bonds is 10. The summed E-state index contributed by atoms with van der Waals surface area (Å²) in [5.74, 6) is -1.62. The van der Waals surface area contributed by atoms with E-state index >= 15 is 0 Å². The molecule has 0 saturated carbocycles. The predicted octanol–water partition coefficient (Wildman–Crippen LogP) is 1.85. The number of carbonyl (C=O) groups is 3. The van der Waals surface area contributed by atoms with Crippen LogP contribution in [-0.2, 0) is 20.9 Å². The maximum Gasteiger partial charge on any atom is 0.408 e. The molecule has 0 heterocycles. The number of hydrogen-bond donors (Lipinski definition) is 3. The molecule has 0 aromatic heterocycles. The van der Waals surface area contributed by atoms with Gasteiger partial charge in [-0.15, -0.1) is 0 Å². The Hall–Kier alpha value is -3.08. The van der Waals surface area contributed by atoms with E-state index in [0.29, 0.717) is 6.42 Å². The molecule has 1 rings (SSSR count). The van der Waals surface area contributed by atoms with Crippen molar-refractivity contribution in [1.29, 1.82) is 5.26 Å². The molecule has 0 spiro atoms. The molecule has 152 valence electrons. The number of hydrogen-bond acceptors (Lipinski definition) is 5. The highest BCUT2D eigenvalue weighted by Gasteiger charge is 2.29. The first-order valence-corrected chi connectivity index (χ1v) is 9.18. The first-order valence-electron chi connectivity index (χ1n) is 9.18. The second-order valence-corrected chi connectivity index (χ2v) is 7.12. The second kappa shape index (κ2) is 11.6. The maximum atomic E-state index is 12.6. The van der Waals surface area contributed by atoms with Crippen molar-refractivity contribution in [3.8, 4) is 6.07 Å². The lowest BCUT2D eigenvalue weighted by atomic mass is 9.97. The summed E-state index contributed by atoms with van der Waals surface area (Å²) in [5.41, 5.74) is 6.18. The van der Waals surface area contributed by atoms with E-state index in [2.05, 4.69) is 10.6 Å². The van der Waals surface area contributed by atoms with Crippen molar-refractivity contribution >= 4 is 17.9 Å². The third-order valence-electron chi connectivity index (χ3n) is 4.12. The van der Waals surface area contributed by atoms with Gasteiger partial charge in [0.05, 0.1) is 6.07 Å². The number of nitrogens with one attached hydrogen (secondary N) is 2. The molecule has 0 aliphatic rings. The van der Waals surface area contributed by atoms with Gasteiger partial charge in [-0.1, -0.05) is 51.1 Å². The number of carbonyl (C=O) groups excluding carboxylic acids is 3. The van der Waals surface area contributed by atoms with Crippen molar-refractivity contribution in [3.05, 3.63) is 35.9 Å². The number of ether oxygens (including phenoxy) is 1. The fraction of sp³-hybridized carbons (Fsp3) is 0.500. The average Bonchev–Trinajstić information content (AvgIpc) is 2.64. The van der Waals surface area contributed by atoms with Gasteiger partial charge < -0.3 is 21.1 Å². The van der Waals surface area contributed by atoms with Gasteiger partial charge in [0, 0.05) is 6.42 Å². The van der Waals surface area contributed by atoms with Gasteiger partial charge in [0.2, 0.25) is 11.8 Å². The number of primary amides is 1.